The van der Waals surface area contributed by atoms with Gasteiger partial charge in [-0.2, -0.15) is 0 Å². The summed E-state index contributed by atoms with van der Waals surface area (Å²) in [6.07, 6.45) is -7.03. The molecule has 0 aliphatic carbocycles. The van der Waals surface area contributed by atoms with Crippen molar-refractivity contribution in [1.29, 1.82) is 0 Å². The topological polar surface area (TPSA) is 152 Å². The molecule has 0 radical (unpaired) electrons. The number of aliphatic hydroxyl groups is 1. The molecule has 0 saturated carbocycles. The molecule has 1 N–H and O–H groups in total. The van der Waals surface area contributed by atoms with Gasteiger partial charge in [0.25, 0.3) is 0 Å². The second kappa shape index (κ2) is 13.0. The van der Waals surface area contributed by atoms with E-state index in [1.807, 2.05) is 0 Å². The monoisotopic (exact) mass is 470 g/mol. The molecule has 0 heterocycles. The molecule has 0 fully saturated rings. The molecule has 0 aliphatic rings. The van der Waals surface area contributed by atoms with Crippen LogP contribution >= 0.6 is 15.9 Å². The Morgan fingerprint density at radius 3 is 1.71 bits per heavy atom. The Morgan fingerprint density at radius 2 is 1.29 bits per heavy atom. The van der Waals surface area contributed by atoms with Crippen LogP contribution in [0.4, 0.5) is 0 Å². The fourth-order valence-electron chi connectivity index (χ4n) is 2.00. The Bertz CT molecular complexity index is 577. The van der Waals surface area contributed by atoms with E-state index in [0.717, 1.165) is 27.7 Å². The predicted molar refractivity (Wildman–Crippen MR) is 94.1 cm³/mol. The highest BCUT2D eigenvalue weighted by atomic mass is 79.9. The van der Waals surface area contributed by atoms with Crippen molar-refractivity contribution in [2.45, 2.75) is 52.1 Å². The van der Waals surface area contributed by atoms with Crippen LogP contribution in [0.25, 0.3) is 0 Å². The van der Waals surface area contributed by atoms with Gasteiger partial charge in [0, 0.05) is 33.0 Å². The third kappa shape index (κ3) is 10.2. The Hall–Kier alpha value is -2.21. The van der Waals surface area contributed by atoms with Crippen molar-refractivity contribution in [2.24, 2.45) is 0 Å². The van der Waals surface area contributed by atoms with Gasteiger partial charge < -0.3 is 28.8 Å². The number of esters is 5. The Kier molecular flexibility index (Phi) is 12.0. The van der Waals surface area contributed by atoms with Gasteiger partial charge in [0.15, 0.2) is 12.2 Å². The maximum absolute atomic E-state index is 12.3. The molecule has 28 heavy (non-hydrogen) atoms. The van der Waals surface area contributed by atoms with Crippen LogP contribution in [0, 0.1) is 0 Å². The zero-order chi connectivity index (χ0) is 21.9. The maximum Gasteiger partial charge on any atom is 0.351 e. The molecule has 160 valence electrons. The maximum atomic E-state index is 12.3. The summed E-state index contributed by atoms with van der Waals surface area (Å²) in [6, 6.07) is 0. The zero-order valence-corrected chi connectivity index (χ0v) is 17.4. The lowest BCUT2D eigenvalue weighted by Gasteiger charge is -2.32. The van der Waals surface area contributed by atoms with Crippen LogP contribution in [0.5, 0.6) is 0 Å². The lowest BCUT2D eigenvalue weighted by Crippen LogP contribution is -2.54. The van der Waals surface area contributed by atoms with Crippen molar-refractivity contribution in [3.05, 3.63) is 0 Å². The summed E-state index contributed by atoms with van der Waals surface area (Å²) in [6.45, 7) is 3.32. The van der Waals surface area contributed by atoms with E-state index in [1.165, 1.54) is 0 Å². The molecule has 0 aromatic carbocycles. The number of hydrogen-bond acceptors (Lipinski definition) is 11. The third-order valence-electron chi connectivity index (χ3n) is 2.91. The molecule has 0 bridgehead atoms. The van der Waals surface area contributed by atoms with Crippen LogP contribution in [-0.2, 0) is 47.7 Å². The molecule has 0 aromatic rings. The van der Waals surface area contributed by atoms with Crippen LogP contribution in [-0.4, -0.2) is 77.9 Å². The standard InChI is InChI=1S/C16H23BrO11/c1-8(18)25-7-12(22)13(26-9(2)19)14(27-10(3)20)15(28-11(4)21)16(23)24-6-5-17/h12-15,22H,5-7H2,1-4H3/t12-,13+,14+,15-/m1/s1. The Morgan fingerprint density at radius 1 is 0.786 bits per heavy atom. The molecule has 0 saturated heterocycles. The Balaban J connectivity index is 5.92. The van der Waals surface area contributed by atoms with Crippen LogP contribution in [0.1, 0.15) is 27.7 Å². The minimum atomic E-state index is -1.85. The lowest BCUT2D eigenvalue weighted by atomic mass is 10.0. The highest BCUT2D eigenvalue weighted by molar-refractivity contribution is 9.09. The molecule has 0 spiro atoms. The van der Waals surface area contributed by atoms with Gasteiger partial charge >= 0.3 is 29.8 Å². The van der Waals surface area contributed by atoms with Crippen molar-refractivity contribution in [2.75, 3.05) is 18.5 Å². The van der Waals surface area contributed by atoms with E-state index in [0.29, 0.717) is 0 Å². The van der Waals surface area contributed by atoms with Gasteiger partial charge in [0.2, 0.25) is 6.10 Å². The quantitative estimate of drug-likeness (QED) is 0.239. The number of aliphatic hydroxyl groups excluding tert-OH is 1. The number of hydrogen-bond donors (Lipinski definition) is 1. The third-order valence-corrected chi connectivity index (χ3v) is 3.23. The van der Waals surface area contributed by atoms with Crippen molar-refractivity contribution >= 4 is 45.8 Å². The average Bonchev–Trinajstić information content (AvgIpc) is 2.57. The van der Waals surface area contributed by atoms with Gasteiger partial charge in [0.05, 0.1) is 0 Å². The summed E-state index contributed by atoms with van der Waals surface area (Å²) < 4.78 is 24.4. The minimum Gasteiger partial charge on any atom is -0.463 e. The van der Waals surface area contributed by atoms with Crippen molar-refractivity contribution in [3.63, 3.8) is 0 Å². The fraction of sp³-hybridized carbons (Fsp3) is 0.688. The summed E-state index contributed by atoms with van der Waals surface area (Å²) in [7, 11) is 0. The molecule has 0 aliphatic heterocycles. The number of alkyl halides is 1. The van der Waals surface area contributed by atoms with E-state index in [2.05, 4.69) is 20.7 Å². The van der Waals surface area contributed by atoms with Gasteiger partial charge in [-0.3, -0.25) is 19.2 Å². The summed E-state index contributed by atoms with van der Waals surface area (Å²) in [4.78, 5) is 57.7. The smallest absolute Gasteiger partial charge is 0.351 e. The normalized spacial score (nSPS) is 14.6. The number of rotatable bonds is 11. The van der Waals surface area contributed by atoms with E-state index < -0.39 is 60.9 Å². The zero-order valence-electron chi connectivity index (χ0n) is 15.8. The number of ether oxygens (including phenoxy) is 5. The summed E-state index contributed by atoms with van der Waals surface area (Å²) in [5.41, 5.74) is 0. The first-order valence-electron chi connectivity index (χ1n) is 8.05. The number of carbonyl (C=O) groups is 5. The molecule has 12 heteroatoms. The Labute approximate surface area is 169 Å². The van der Waals surface area contributed by atoms with Crippen LogP contribution in [0.15, 0.2) is 0 Å². The van der Waals surface area contributed by atoms with Gasteiger partial charge in [-0.1, -0.05) is 15.9 Å². The summed E-state index contributed by atoms with van der Waals surface area (Å²) in [5.74, 6) is -4.59. The predicted octanol–water partition coefficient (Wildman–Crippen LogP) is -0.356. The summed E-state index contributed by atoms with van der Waals surface area (Å²) >= 11 is 3.05. The van der Waals surface area contributed by atoms with Crippen molar-refractivity contribution < 1.29 is 52.8 Å². The average molecular weight is 471 g/mol. The van der Waals surface area contributed by atoms with E-state index in [9.17, 15) is 29.1 Å². The molecule has 0 aromatic heterocycles. The minimum absolute atomic E-state index is 0.0996. The summed E-state index contributed by atoms with van der Waals surface area (Å²) in [5, 5.41) is 10.6. The van der Waals surface area contributed by atoms with E-state index in [-0.39, 0.29) is 11.9 Å². The van der Waals surface area contributed by atoms with E-state index in [4.69, 9.17) is 18.9 Å². The molecule has 0 rings (SSSR count). The molecular weight excluding hydrogens is 448 g/mol. The van der Waals surface area contributed by atoms with Gasteiger partial charge in [-0.25, -0.2) is 4.79 Å². The van der Waals surface area contributed by atoms with Gasteiger partial charge in [-0.05, 0) is 0 Å². The van der Waals surface area contributed by atoms with Gasteiger partial charge in [0.1, 0.15) is 19.3 Å². The van der Waals surface area contributed by atoms with Crippen LogP contribution in [0.3, 0.4) is 0 Å². The molecule has 11 nitrogen and oxygen atoms in total. The second-order valence-electron chi connectivity index (χ2n) is 5.40. The first-order valence-corrected chi connectivity index (χ1v) is 9.17. The van der Waals surface area contributed by atoms with Crippen LogP contribution in [0.2, 0.25) is 0 Å². The number of carbonyl (C=O) groups excluding carboxylic acids is 5. The highest BCUT2D eigenvalue weighted by Gasteiger charge is 2.46. The van der Waals surface area contributed by atoms with E-state index >= 15 is 0 Å². The van der Waals surface area contributed by atoms with Gasteiger partial charge in [-0.15, -0.1) is 0 Å². The number of halogens is 1. The van der Waals surface area contributed by atoms with E-state index in [1.54, 1.807) is 0 Å². The molecule has 0 unspecified atom stereocenters. The lowest BCUT2D eigenvalue weighted by molar-refractivity contribution is -0.203. The SMILES string of the molecule is CC(=O)OC[C@@H](O)[C@H](OC(C)=O)[C@H](OC(C)=O)[C@@H](OC(C)=O)C(=O)OCCBr. The van der Waals surface area contributed by atoms with Crippen LogP contribution < -0.4 is 0 Å². The molecule has 4 atom stereocenters. The van der Waals surface area contributed by atoms with Crippen molar-refractivity contribution in [3.8, 4) is 0 Å². The second-order valence-corrected chi connectivity index (χ2v) is 6.20. The molecule has 0 amide bonds. The largest absolute Gasteiger partial charge is 0.463 e. The molecular formula is C16H23BrO11. The first-order chi connectivity index (χ1) is 13.0. The first kappa shape index (κ1) is 25.8. The highest BCUT2D eigenvalue weighted by Crippen LogP contribution is 2.19. The fourth-order valence-corrected chi connectivity index (χ4v) is 2.16. The van der Waals surface area contributed by atoms with Crippen molar-refractivity contribution in [1.82, 2.24) is 0 Å².